The molecule has 0 spiro atoms. The van der Waals surface area contributed by atoms with E-state index < -0.39 is 0 Å². The van der Waals surface area contributed by atoms with Crippen LogP contribution in [0.4, 0.5) is 0 Å². The van der Waals surface area contributed by atoms with Gasteiger partial charge in [0.15, 0.2) is 11.5 Å². The molecule has 0 heterocycles. The SMILES string of the molecule is Cc1ccc(CN(CCN)C(=O)c2ccc(OCc3ccccc3)c(O)c2)cc1. The zero-order valence-electron chi connectivity index (χ0n) is 16.5. The van der Waals surface area contributed by atoms with Gasteiger partial charge in [0.05, 0.1) is 0 Å². The Kier molecular flexibility index (Phi) is 6.87. The predicted octanol–water partition coefficient (Wildman–Crippen LogP) is 3.88. The van der Waals surface area contributed by atoms with Crippen LogP contribution in [-0.4, -0.2) is 29.0 Å². The van der Waals surface area contributed by atoms with E-state index in [2.05, 4.69) is 0 Å². The number of carbonyl (C=O) groups excluding carboxylic acids is 1. The molecule has 3 aromatic rings. The third-order valence-corrected chi connectivity index (χ3v) is 4.62. The van der Waals surface area contributed by atoms with E-state index in [1.165, 1.54) is 11.6 Å². The monoisotopic (exact) mass is 390 g/mol. The van der Waals surface area contributed by atoms with Crippen LogP contribution in [0.5, 0.6) is 11.5 Å². The summed E-state index contributed by atoms with van der Waals surface area (Å²) < 4.78 is 5.68. The number of phenolic OH excluding ortho intramolecular Hbond substituents is 1. The Balaban J connectivity index is 1.70. The van der Waals surface area contributed by atoms with Gasteiger partial charge < -0.3 is 20.5 Å². The molecule has 1 amide bonds. The minimum Gasteiger partial charge on any atom is -0.504 e. The van der Waals surface area contributed by atoms with E-state index in [4.69, 9.17) is 10.5 Å². The molecular weight excluding hydrogens is 364 g/mol. The molecule has 0 aliphatic carbocycles. The van der Waals surface area contributed by atoms with Crippen molar-refractivity contribution in [2.75, 3.05) is 13.1 Å². The third kappa shape index (κ3) is 5.59. The van der Waals surface area contributed by atoms with Gasteiger partial charge in [0.2, 0.25) is 0 Å². The molecule has 3 rings (SSSR count). The smallest absolute Gasteiger partial charge is 0.254 e. The number of aryl methyl sites for hydroxylation is 1. The zero-order valence-corrected chi connectivity index (χ0v) is 16.5. The molecule has 0 aromatic heterocycles. The molecule has 0 radical (unpaired) electrons. The lowest BCUT2D eigenvalue weighted by Crippen LogP contribution is -2.34. The number of aromatic hydroxyl groups is 1. The number of nitrogens with two attached hydrogens (primary N) is 1. The van der Waals surface area contributed by atoms with Gasteiger partial charge in [0.1, 0.15) is 6.61 Å². The minimum absolute atomic E-state index is 0.0604. The molecule has 5 nitrogen and oxygen atoms in total. The first-order chi connectivity index (χ1) is 14.1. The van der Waals surface area contributed by atoms with E-state index in [0.29, 0.717) is 37.6 Å². The average molecular weight is 390 g/mol. The van der Waals surface area contributed by atoms with Crippen molar-refractivity contribution >= 4 is 5.91 Å². The number of phenols is 1. The first kappa shape index (κ1) is 20.4. The lowest BCUT2D eigenvalue weighted by atomic mass is 10.1. The summed E-state index contributed by atoms with van der Waals surface area (Å²) in [5.41, 5.74) is 9.31. The summed E-state index contributed by atoms with van der Waals surface area (Å²) in [7, 11) is 0. The molecule has 3 N–H and O–H groups in total. The molecule has 0 aliphatic heterocycles. The van der Waals surface area contributed by atoms with Crippen molar-refractivity contribution in [2.45, 2.75) is 20.1 Å². The Morgan fingerprint density at radius 3 is 2.38 bits per heavy atom. The van der Waals surface area contributed by atoms with Crippen molar-refractivity contribution in [1.82, 2.24) is 4.90 Å². The van der Waals surface area contributed by atoms with Gasteiger partial charge in [-0.05, 0) is 36.2 Å². The maximum atomic E-state index is 13.0. The molecule has 0 saturated heterocycles. The molecule has 0 bridgehead atoms. The Morgan fingerprint density at radius 1 is 1.00 bits per heavy atom. The average Bonchev–Trinajstić information content (AvgIpc) is 2.74. The molecule has 29 heavy (non-hydrogen) atoms. The highest BCUT2D eigenvalue weighted by molar-refractivity contribution is 5.94. The van der Waals surface area contributed by atoms with Gasteiger partial charge in [-0.15, -0.1) is 0 Å². The Morgan fingerprint density at radius 2 is 1.72 bits per heavy atom. The van der Waals surface area contributed by atoms with Gasteiger partial charge in [0.25, 0.3) is 5.91 Å². The lowest BCUT2D eigenvalue weighted by Gasteiger charge is -2.22. The van der Waals surface area contributed by atoms with Gasteiger partial charge in [-0.25, -0.2) is 0 Å². The predicted molar refractivity (Wildman–Crippen MR) is 114 cm³/mol. The van der Waals surface area contributed by atoms with Crippen LogP contribution in [0.3, 0.4) is 0 Å². The second-order valence-corrected chi connectivity index (χ2v) is 6.96. The van der Waals surface area contributed by atoms with Gasteiger partial charge in [-0.2, -0.15) is 0 Å². The summed E-state index contributed by atoms with van der Waals surface area (Å²) in [6.07, 6.45) is 0. The van der Waals surface area contributed by atoms with E-state index >= 15 is 0 Å². The standard InChI is InChI=1S/C24H26N2O3/c1-18-7-9-19(10-8-18)16-26(14-13-25)24(28)21-11-12-23(22(27)15-21)29-17-20-5-3-2-4-6-20/h2-12,15,27H,13-14,16-17,25H2,1H3. The van der Waals surface area contributed by atoms with Crippen LogP contribution in [-0.2, 0) is 13.2 Å². The zero-order chi connectivity index (χ0) is 20.6. The van der Waals surface area contributed by atoms with Gasteiger partial charge in [0, 0.05) is 25.2 Å². The van der Waals surface area contributed by atoms with Crippen molar-refractivity contribution in [3.05, 3.63) is 95.1 Å². The molecular formula is C24H26N2O3. The summed E-state index contributed by atoms with van der Waals surface area (Å²) in [6.45, 7) is 3.62. The summed E-state index contributed by atoms with van der Waals surface area (Å²) in [4.78, 5) is 14.7. The van der Waals surface area contributed by atoms with Crippen molar-refractivity contribution in [2.24, 2.45) is 5.73 Å². The quantitative estimate of drug-likeness (QED) is 0.612. The van der Waals surface area contributed by atoms with Crippen LogP contribution in [0.15, 0.2) is 72.8 Å². The van der Waals surface area contributed by atoms with Gasteiger partial charge in [-0.3, -0.25) is 4.79 Å². The lowest BCUT2D eigenvalue weighted by molar-refractivity contribution is 0.0747. The number of hydrogen-bond donors (Lipinski definition) is 2. The Bertz CT molecular complexity index is 940. The minimum atomic E-state index is -0.180. The molecule has 0 unspecified atom stereocenters. The number of rotatable bonds is 8. The van der Waals surface area contributed by atoms with Crippen LogP contribution in [0.2, 0.25) is 0 Å². The maximum Gasteiger partial charge on any atom is 0.254 e. The van der Waals surface area contributed by atoms with Crippen molar-refractivity contribution < 1.29 is 14.6 Å². The highest BCUT2D eigenvalue weighted by atomic mass is 16.5. The molecule has 3 aromatic carbocycles. The first-order valence-corrected chi connectivity index (χ1v) is 9.61. The van der Waals surface area contributed by atoms with Crippen molar-refractivity contribution in [1.29, 1.82) is 0 Å². The Labute approximate surface area is 171 Å². The van der Waals surface area contributed by atoms with Crippen LogP contribution < -0.4 is 10.5 Å². The molecule has 0 atom stereocenters. The largest absolute Gasteiger partial charge is 0.504 e. The number of amides is 1. The fourth-order valence-electron chi connectivity index (χ4n) is 3.01. The van der Waals surface area contributed by atoms with Crippen LogP contribution in [0.1, 0.15) is 27.0 Å². The second-order valence-electron chi connectivity index (χ2n) is 6.96. The van der Waals surface area contributed by atoms with E-state index in [1.807, 2.05) is 61.5 Å². The summed E-state index contributed by atoms with van der Waals surface area (Å²) in [6, 6.07) is 22.5. The fourth-order valence-corrected chi connectivity index (χ4v) is 3.01. The highest BCUT2D eigenvalue weighted by Gasteiger charge is 2.17. The van der Waals surface area contributed by atoms with E-state index in [9.17, 15) is 9.90 Å². The van der Waals surface area contributed by atoms with E-state index in [-0.39, 0.29) is 11.7 Å². The molecule has 0 aliphatic rings. The fraction of sp³-hybridized carbons (Fsp3) is 0.208. The molecule has 150 valence electrons. The summed E-state index contributed by atoms with van der Waals surface area (Å²) in [5.74, 6) is 0.102. The number of benzene rings is 3. The number of hydrogen-bond acceptors (Lipinski definition) is 4. The van der Waals surface area contributed by atoms with Crippen molar-refractivity contribution in [3.63, 3.8) is 0 Å². The topological polar surface area (TPSA) is 75.8 Å². The molecule has 5 heteroatoms. The van der Waals surface area contributed by atoms with Crippen LogP contribution in [0, 0.1) is 6.92 Å². The normalized spacial score (nSPS) is 10.6. The third-order valence-electron chi connectivity index (χ3n) is 4.62. The van der Waals surface area contributed by atoms with Gasteiger partial charge in [-0.1, -0.05) is 60.2 Å². The maximum absolute atomic E-state index is 13.0. The number of ether oxygens (including phenoxy) is 1. The van der Waals surface area contributed by atoms with Crippen LogP contribution in [0.25, 0.3) is 0 Å². The van der Waals surface area contributed by atoms with Gasteiger partial charge >= 0.3 is 0 Å². The summed E-state index contributed by atoms with van der Waals surface area (Å²) >= 11 is 0. The molecule has 0 saturated carbocycles. The van der Waals surface area contributed by atoms with E-state index in [0.717, 1.165) is 11.1 Å². The molecule has 0 fully saturated rings. The summed E-state index contributed by atoms with van der Waals surface area (Å²) in [5, 5.41) is 10.3. The number of nitrogens with zero attached hydrogens (tertiary/aromatic N) is 1. The first-order valence-electron chi connectivity index (χ1n) is 9.61. The van der Waals surface area contributed by atoms with Crippen molar-refractivity contribution in [3.8, 4) is 11.5 Å². The highest BCUT2D eigenvalue weighted by Crippen LogP contribution is 2.28. The Hall–Kier alpha value is -3.31. The van der Waals surface area contributed by atoms with Crippen LogP contribution >= 0.6 is 0 Å². The second kappa shape index (κ2) is 9.75. The number of carbonyl (C=O) groups is 1. The van der Waals surface area contributed by atoms with E-state index in [1.54, 1.807) is 17.0 Å².